The third-order valence-corrected chi connectivity index (χ3v) is 13.3. The fraction of sp³-hybridized carbons (Fsp3) is 1.00. The fourth-order valence-electron chi connectivity index (χ4n) is 3.48. The van der Waals surface area contributed by atoms with E-state index in [9.17, 15) is 0 Å². The van der Waals surface area contributed by atoms with Gasteiger partial charge in [0.15, 0.2) is 0 Å². The van der Waals surface area contributed by atoms with Crippen LogP contribution in [0.25, 0.3) is 0 Å². The van der Waals surface area contributed by atoms with Crippen molar-refractivity contribution in [3.63, 3.8) is 0 Å². The minimum atomic E-state index is -0.941. The van der Waals surface area contributed by atoms with E-state index in [0.717, 1.165) is 9.84 Å². The van der Waals surface area contributed by atoms with Gasteiger partial charge in [-0.25, -0.2) is 0 Å². The minimum absolute atomic E-state index is 0.313. The molecule has 0 saturated heterocycles. The van der Waals surface area contributed by atoms with Crippen molar-refractivity contribution in [2.45, 2.75) is 78.6 Å². The summed E-state index contributed by atoms with van der Waals surface area (Å²) in [4.78, 5) is 2.60. The molecule has 0 radical (unpaired) electrons. The van der Waals surface area contributed by atoms with Gasteiger partial charge in [0.1, 0.15) is 0 Å². The molecule has 2 rings (SSSR count). The van der Waals surface area contributed by atoms with Gasteiger partial charge in [-0.2, -0.15) is 0 Å². The van der Waals surface area contributed by atoms with E-state index in [-0.39, 0.29) is 0 Å². The SMILES string of the molecule is CC1CCCCC(N)(I(C)C2CCCC2)CC1. The summed E-state index contributed by atoms with van der Waals surface area (Å²) < 4.78 is 1.40. The molecule has 0 amide bonds. The first-order chi connectivity index (χ1) is 8.12. The molecule has 0 spiro atoms. The Morgan fingerprint density at radius 3 is 2.29 bits per heavy atom. The van der Waals surface area contributed by atoms with Crippen LogP contribution in [0, 0.1) is 5.92 Å². The second-order valence-corrected chi connectivity index (χ2v) is 13.2. The number of rotatable bonds is 2. The zero-order valence-corrected chi connectivity index (χ0v) is 13.8. The molecule has 2 aliphatic rings. The Morgan fingerprint density at radius 2 is 1.59 bits per heavy atom. The van der Waals surface area contributed by atoms with Crippen LogP contribution in [0.2, 0.25) is 0 Å². The van der Waals surface area contributed by atoms with E-state index in [1.165, 1.54) is 64.2 Å². The van der Waals surface area contributed by atoms with Crippen LogP contribution in [0.5, 0.6) is 0 Å². The average Bonchev–Trinajstić information content (AvgIpc) is 2.82. The summed E-state index contributed by atoms with van der Waals surface area (Å²) in [6, 6.07) is 0. The number of halogens is 1. The molecular formula is C15H30IN. The first-order valence-electron chi connectivity index (χ1n) is 7.49. The molecule has 2 atom stereocenters. The molecule has 2 unspecified atom stereocenters. The molecule has 0 heterocycles. The molecule has 2 N–H and O–H groups in total. The summed E-state index contributed by atoms with van der Waals surface area (Å²) in [6.45, 7) is 2.43. The molecule has 2 fully saturated rings. The zero-order chi connectivity index (χ0) is 12.3. The van der Waals surface area contributed by atoms with E-state index in [1.807, 2.05) is 0 Å². The fourth-order valence-corrected chi connectivity index (χ4v) is 10.4. The zero-order valence-electron chi connectivity index (χ0n) is 11.7. The molecule has 0 aliphatic heterocycles. The van der Waals surface area contributed by atoms with Crippen LogP contribution in [0.15, 0.2) is 0 Å². The van der Waals surface area contributed by atoms with Crippen molar-refractivity contribution in [1.29, 1.82) is 0 Å². The number of hydrogen-bond donors (Lipinski definition) is 1. The summed E-state index contributed by atoms with van der Waals surface area (Å²) >= 11 is -0.941. The van der Waals surface area contributed by atoms with Crippen molar-refractivity contribution in [3.05, 3.63) is 0 Å². The molecule has 2 heteroatoms. The van der Waals surface area contributed by atoms with Gasteiger partial charge in [-0.1, -0.05) is 0 Å². The Kier molecular flexibility index (Phi) is 5.17. The third-order valence-electron chi connectivity index (χ3n) is 4.93. The number of nitrogens with two attached hydrogens (primary N) is 1. The van der Waals surface area contributed by atoms with E-state index in [0.29, 0.717) is 3.55 Å². The van der Waals surface area contributed by atoms with Crippen molar-refractivity contribution in [2.24, 2.45) is 11.7 Å². The Labute approximate surface area is 115 Å². The maximum absolute atomic E-state index is 6.88. The standard InChI is InChI=1S/C15H30IN/c1-13-7-5-6-11-15(17,12-10-13)16(2)14-8-3-4-9-14/h13-14H,3-12,17H2,1-2H3. The molecule has 0 aromatic rings. The Morgan fingerprint density at radius 1 is 0.941 bits per heavy atom. The van der Waals surface area contributed by atoms with Crippen molar-refractivity contribution in [1.82, 2.24) is 0 Å². The van der Waals surface area contributed by atoms with Gasteiger partial charge in [0.05, 0.1) is 0 Å². The Bertz CT molecular complexity index is 237. The topological polar surface area (TPSA) is 26.0 Å². The van der Waals surface area contributed by atoms with Gasteiger partial charge in [-0.3, -0.25) is 0 Å². The monoisotopic (exact) mass is 351 g/mol. The van der Waals surface area contributed by atoms with E-state index in [4.69, 9.17) is 5.73 Å². The number of alkyl halides is 3. The molecule has 0 aromatic heterocycles. The van der Waals surface area contributed by atoms with Crippen molar-refractivity contribution in [3.8, 4) is 0 Å². The average molecular weight is 351 g/mol. The summed E-state index contributed by atoms with van der Waals surface area (Å²) in [5.74, 6) is 0.922. The molecule has 0 aromatic carbocycles. The summed E-state index contributed by atoms with van der Waals surface area (Å²) in [7, 11) is 0. The maximum atomic E-state index is 6.88. The van der Waals surface area contributed by atoms with Crippen LogP contribution < -0.4 is 5.73 Å². The second-order valence-electron chi connectivity index (χ2n) is 6.32. The van der Waals surface area contributed by atoms with Gasteiger partial charge in [0.25, 0.3) is 0 Å². The second kappa shape index (κ2) is 6.23. The summed E-state index contributed by atoms with van der Waals surface area (Å²) in [6.07, 6.45) is 14.3. The van der Waals surface area contributed by atoms with Gasteiger partial charge in [0, 0.05) is 0 Å². The van der Waals surface area contributed by atoms with E-state index < -0.39 is 19.8 Å². The predicted octanol–water partition coefficient (Wildman–Crippen LogP) is 4.71. The molecular weight excluding hydrogens is 321 g/mol. The number of hydrogen-bond acceptors (Lipinski definition) is 1. The van der Waals surface area contributed by atoms with Crippen LogP contribution in [-0.4, -0.2) is 12.4 Å². The molecule has 1 nitrogen and oxygen atoms in total. The summed E-state index contributed by atoms with van der Waals surface area (Å²) in [5.41, 5.74) is 6.88. The van der Waals surface area contributed by atoms with Crippen LogP contribution >= 0.6 is 19.8 Å². The molecule has 2 aliphatic carbocycles. The molecule has 17 heavy (non-hydrogen) atoms. The van der Waals surface area contributed by atoms with E-state index >= 15 is 0 Å². The van der Waals surface area contributed by atoms with Crippen molar-refractivity contribution in [2.75, 3.05) is 4.93 Å². The van der Waals surface area contributed by atoms with Crippen LogP contribution in [-0.2, 0) is 0 Å². The first kappa shape index (κ1) is 14.1. The van der Waals surface area contributed by atoms with E-state index in [2.05, 4.69) is 11.9 Å². The van der Waals surface area contributed by atoms with Gasteiger partial charge in [0.2, 0.25) is 0 Å². The normalized spacial score (nSPS) is 37.6. The quantitative estimate of drug-likeness (QED) is 0.435. The van der Waals surface area contributed by atoms with E-state index in [1.54, 1.807) is 0 Å². The van der Waals surface area contributed by atoms with Gasteiger partial charge < -0.3 is 0 Å². The van der Waals surface area contributed by atoms with Crippen LogP contribution in [0.1, 0.15) is 71.1 Å². The van der Waals surface area contributed by atoms with Gasteiger partial charge in [-0.15, -0.1) is 0 Å². The first-order valence-corrected chi connectivity index (χ1v) is 12.0. The van der Waals surface area contributed by atoms with Crippen LogP contribution in [0.3, 0.4) is 0 Å². The molecule has 2 saturated carbocycles. The van der Waals surface area contributed by atoms with Crippen molar-refractivity contribution >= 4 is 19.8 Å². The third kappa shape index (κ3) is 3.59. The van der Waals surface area contributed by atoms with Gasteiger partial charge in [-0.05, 0) is 0 Å². The Hall–Kier alpha value is 0.690. The van der Waals surface area contributed by atoms with Crippen molar-refractivity contribution < 1.29 is 0 Å². The summed E-state index contributed by atoms with van der Waals surface area (Å²) in [5, 5.41) is 0. The molecule has 102 valence electrons. The van der Waals surface area contributed by atoms with Gasteiger partial charge >= 0.3 is 115 Å². The Balaban J connectivity index is 1.98. The molecule has 0 bridgehead atoms. The predicted molar refractivity (Wildman–Crippen MR) is 86.0 cm³/mol. The van der Waals surface area contributed by atoms with Crippen LogP contribution in [0.4, 0.5) is 0 Å².